The summed E-state index contributed by atoms with van der Waals surface area (Å²) in [4.78, 5) is 2.51. The second-order valence-electron chi connectivity index (χ2n) is 5.77. The van der Waals surface area contributed by atoms with Crippen LogP contribution in [0.5, 0.6) is 0 Å². The van der Waals surface area contributed by atoms with Gasteiger partial charge in [-0.1, -0.05) is 45.4 Å². The van der Waals surface area contributed by atoms with Crippen LogP contribution in [-0.4, -0.2) is 25.7 Å². The van der Waals surface area contributed by atoms with Crippen LogP contribution in [0.4, 0.5) is 5.69 Å². The molecule has 2 nitrogen and oxygen atoms in total. The van der Waals surface area contributed by atoms with E-state index < -0.39 is 0 Å². The Morgan fingerprint density at radius 2 is 1.85 bits per heavy atom. The van der Waals surface area contributed by atoms with Gasteiger partial charge in [-0.05, 0) is 44.4 Å². The van der Waals surface area contributed by atoms with E-state index in [1.807, 2.05) is 0 Å². The molecule has 0 saturated carbocycles. The van der Waals surface area contributed by atoms with E-state index in [9.17, 15) is 0 Å². The van der Waals surface area contributed by atoms with Gasteiger partial charge in [0, 0.05) is 24.8 Å². The number of nitrogens with zero attached hydrogens (tertiary/aromatic N) is 1. The number of para-hydroxylation sites is 1. The minimum absolute atomic E-state index is 0.569. The highest BCUT2D eigenvalue weighted by atomic mass is 15.2. The molecule has 0 radical (unpaired) electrons. The summed E-state index contributed by atoms with van der Waals surface area (Å²) in [5.74, 6) is 0.708. The van der Waals surface area contributed by atoms with Gasteiger partial charge in [-0.15, -0.1) is 0 Å². The molecular formula is C18H32N2. The van der Waals surface area contributed by atoms with Gasteiger partial charge in [0.15, 0.2) is 0 Å². The first-order chi connectivity index (χ1) is 9.63. The highest BCUT2D eigenvalue weighted by Crippen LogP contribution is 2.21. The maximum Gasteiger partial charge on any atom is 0.0396 e. The van der Waals surface area contributed by atoms with Gasteiger partial charge >= 0.3 is 0 Å². The van der Waals surface area contributed by atoms with E-state index in [1.165, 1.54) is 24.1 Å². The summed E-state index contributed by atoms with van der Waals surface area (Å²) in [5.41, 5.74) is 2.74. The molecule has 0 aliphatic carbocycles. The van der Waals surface area contributed by atoms with Gasteiger partial charge in [-0.25, -0.2) is 0 Å². The third-order valence-electron chi connectivity index (χ3n) is 4.24. The fraction of sp³-hybridized carbons (Fsp3) is 0.667. The average Bonchev–Trinajstić information content (AvgIpc) is 2.48. The molecule has 1 rings (SSSR count). The zero-order valence-corrected chi connectivity index (χ0v) is 13.9. The SMILES string of the molecule is CCCNC(CN(CC)c1ccccc1C)C(C)CC. The summed E-state index contributed by atoms with van der Waals surface area (Å²) in [7, 11) is 0. The molecule has 0 saturated heterocycles. The van der Waals surface area contributed by atoms with Crippen LogP contribution in [-0.2, 0) is 0 Å². The maximum absolute atomic E-state index is 3.73. The first-order valence-corrected chi connectivity index (χ1v) is 8.17. The van der Waals surface area contributed by atoms with Gasteiger partial charge in [-0.2, -0.15) is 0 Å². The monoisotopic (exact) mass is 276 g/mol. The Kier molecular flexibility index (Phi) is 7.68. The van der Waals surface area contributed by atoms with Crippen LogP contribution < -0.4 is 10.2 Å². The van der Waals surface area contributed by atoms with Crippen LogP contribution >= 0.6 is 0 Å². The van der Waals surface area contributed by atoms with Crippen molar-refractivity contribution in [2.24, 2.45) is 5.92 Å². The van der Waals surface area contributed by atoms with Crippen molar-refractivity contribution in [3.8, 4) is 0 Å². The largest absolute Gasteiger partial charge is 0.370 e. The first-order valence-electron chi connectivity index (χ1n) is 8.17. The van der Waals surface area contributed by atoms with E-state index in [4.69, 9.17) is 0 Å². The van der Waals surface area contributed by atoms with E-state index in [-0.39, 0.29) is 0 Å². The Hall–Kier alpha value is -1.02. The molecule has 2 atom stereocenters. The lowest BCUT2D eigenvalue weighted by molar-refractivity contribution is 0.367. The molecule has 0 aliphatic rings. The molecule has 0 heterocycles. The van der Waals surface area contributed by atoms with E-state index >= 15 is 0 Å². The van der Waals surface area contributed by atoms with Crippen LogP contribution in [0.25, 0.3) is 0 Å². The summed E-state index contributed by atoms with van der Waals surface area (Å²) in [6.45, 7) is 14.6. The maximum atomic E-state index is 3.73. The van der Waals surface area contributed by atoms with Crippen molar-refractivity contribution in [1.82, 2.24) is 5.32 Å². The Morgan fingerprint density at radius 1 is 1.15 bits per heavy atom. The van der Waals surface area contributed by atoms with Crippen LogP contribution in [0, 0.1) is 12.8 Å². The fourth-order valence-corrected chi connectivity index (χ4v) is 2.61. The number of hydrogen-bond donors (Lipinski definition) is 1. The molecule has 2 unspecified atom stereocenters. The molecule has 0 amide bonds. The number of likely N-dealkylation sites (N-methyl/N-ethyl adjacent to an activating group) is 1. The number of nitrogens with one attached hydrogen (secondary N) is 1. The molecule has 1 N–H and O–H groups in total. The molecule has 0 aliphatic heterocycles. The molecule has 0 fully saturated rings. The van der Waals surface area contributed by atoms with E-state index in [0.717, 1.165) is 19.6 Å². The molecule has 2 heteroatoms. The van der Waals surface area contributed by atoms with Crippen LogP contribution in [0.2, 0.25) is 0 Å². The summed E-state index contributed by atoms with van der Waals surface area (Å²) in [5, 5.41) is 3.73. The second kappa shape index (κ2) is 9.02. The third kappa shape index (κ3) is 4.82. The summed E-state index contributed by atoms with van der Waals surface area (Å²) in [6, 6.07) is 9.28. The highest BCUT2D eigenvalue weighted by Gasteiger charge is 2.19. The first kappa shape index (κ1) is 17.0. The van der Waals surface area contributed by atoms with E-state index in [2.05, 4.69) is 69.1 Å². The van der Waals surface area contributed by atoms with Crippen molar-refractivity contribution in [2.75, 3.05) is 24.5 Å². The van der Waals surface area contributed by atoms with Gasteiger partial charge in [0.05, 0.1) is 0 Å². The minimum Gasteiger partial charge on any atom is -0.370 e. The smallest absolute Gasteiger partial charge is 0.0396 e. The second-order valence-corrected chi connectivity index (χ2v) is 5.77. The van der Waals surface area contributed by atoms with Crippen molar-refractivity contribution in [2.45, 2.75) is 53.5 Å². The van der Waals surface area contributed by atoms with Crippen LogP contribution in [0.1, 0.15) is 46.1 Å². The molecule has 20 heavy (non-hydrogen) atoms. The molecule has 1 aromatic rings. The topological polar surface area (TPSA) is 15.3 Å². The molecule has 114 valence electrons. The number of rotatable bonds is 9. The van der Waals surface area contributed by atoms with Gasteiger partial charge in [0.2, 0.25) is 0 Å². The van der Waals surface area contributed by atoms with Gasteiger partial charge in [0.1, 0.15) is 0 Å². The minimum atomic E-state index is 0.569. The summed E-state index contributed by atoms with van der Waals surface area (Å²) in [6.07, 6.45) is 2.43. The molecule has 0 aromatic heterocycles. The number of hydrogen-bond acceptors (Lipinski definition) is 2. The Balaban J connectivity index is 2.80. The predicted molar refractivity (Wildman–Crippen MR) is 90.6 cm³/mol. The fourth-order valence-electron chi connectivity index (χ4n) is 2.61. The number of anilines is 1. The third-order valence-corrected chi connectivity index (χ3v) is 4.24. The molecule has 1 aromatic carbocycles. The Morgan fingerprint density at radius 3 is 2.40 bits per heavy atom. The quantitative estimate of drug-likeness (QED) is 0.726. The summed E-state index contributed by atoms with van der Waals surface area (Å²) >= 11 is 0. The van der Waals surface area contributed by atoms with Crippen molar-refractivity contribution >= 4 is 5.69 Å². The van der Waals surface area contributed by atoms with E-state index in [0.29, 0.717) is 12.0 Å². The highest BCUT2D eigenvalue weighted by molar-refractivity contribution is 5.53. The van der Waals surface area contributed by atoms with Gasteiger partial charge in [-0.3, -0.25) is 0 Å². The Labute approximate surface area is 125 Å². The lowest BCUT2D eigenvalue weighted by atomic mass is 9.98. The molecular weight excluding hydrogens is 244 g/mol. The molecule has 0 spiro atoms. The molecule has 0 bridgehead atoms. The zero-order valence-electron chi connectivity index (χ0n) is 13.9. The van der Waals surface area contributed by atoms with Crippen molar-refractivity contribution in [3.05, 3.63) is 29.8 Å². The Bertz CT molecular complexity index is 375. The number of aryl methyl sites for hydroxylation is 1. The number of benzene rings is 1. The normalized spacial score (nSPS) is 14.1. The van der Waals surface area contributed by atoms with Gasteiger partial charge in [0.25, 0.3) is 0 Å². The standard InChI is InChI=1S/C18H32N2/c1-6-13-19-17(15(4)7-2)14-20(8-3)18-12-10-9-11-16(18)5/h9-12,15,17,19H,6-8,13-14H2,1-5H3. The predicted octanol–water partition coefficient (Wildman–Crippen LogP) is 4.24. The van der Waals surface area contributed by atoms with Crippen LogP contribution in [0.15, 0.2) is 24.3 Å². The lowest BCUT2D eigenvalue weighted by Crippen LogP contribution is -2.45. The van der Waals surface area contributed by atoms with Crippen molar-refractivity contribution in [3.63, 3.8) is 0 Å². The lowest BCUT2D eigenvalue weighted by Gasteiger charge is -2.33. The summed E-state index contributed by atoms with van der Waals surface area (Å²) < 4.78 is 0. The van der Waals surface area contributed by atoms with Crippen molar-refractivity contribution in [1.29, 1.82) is 0 Å². The van der Waals surface area contributed by atoms with Gasteiger partial charge < -0.3 is 10.2 Å². The van der Waals surface area contributed by atoms with Crippen molar-refractivity contribution < 1.29 is 0 Å². The zero-order chi connectivity index (χ0) is 15.0. The van der Waals surface area contributed by atoms with E-state index in [1.54, 1.807) is 0 Å². The van der Waals surface area contributed by atoms with Crippen LogP contribution in [0.3, 0.4) is 0 Å². The average molecular weight is 276 g/mol.